The van der Waals surface area contributed by atoms with Gasteiger partial charge < -0.3 is 9.64 Å². The second-order valence-corrected chi connectivity index (χ2v) is 5.33. The molecule has 0 bridgehead atoms. The molecule has 3 nitrogen and oxygen atoms in total. The Morgan fingerprint density at radius 3 is 2.28 bits per heavy atom. The van der Waals surface area contributed by atoms with Crippen molar-refractivity contribution >= 4 is 5.69 Å². The van der Waals surface area contributed by atoms with E-state index in [0.717, 1.165) is 31.9 Å². The fourth-order valence-electron chi connectivity index (χ4n) is 2.53. The SMILES string of the molecule is COc1cc(C)cc(N2CCN(C(C)C)CC2)c1. The van der Waals surface area contributed by atoms with Crippen molar-refractivity contribution in [3.63, 3.8) is 0 Å². The van der Waals surface area contributed by atoms with Gasteiger partial charge in [0.05, 0.1) is 7.11 Å². The van der Waals surface area contributed by atoms with Gasteiger partial charge in [-0.25, -0.2) is 0 Å². The van der Waals surface area contributed by atoms with Crippen LogP contribution in [-0.2, 0) is 0 Å². The number of anilines is 1. The molecule has 0 amide bonds. The van der Waals surface area contributed by atoms with Crippen molar-refractivity contribution in [3.05, 3.63) is 23.8 Å². The Morgan fingerprint density at radius 1 is 1.06 bits per heavy atom. The molecule has 1 aliphatic heterocycles. The fraction of sp³-hybridized carbons (Fsp3) is 0.600. The highest BCUT2D eigenvalue weighted by Crippen LogP contribution is 2.24. The fourth-order valence-corrected chi connectivity index (χ4v) is 2.53. The molecule has 0 spiro atoms. The molecule has 18 heavy (non-hydrogen) atoms. The second kappa shape index (κ2) is 5.61. The zero-order valence-corrected chi connectivity index (χ0v) is 11.9. The van der Waals surface area contributed by atoms with E-state index in [4.69, 9.17) is 4.74 Å². The molecule has 0 aliphatic carbocycles. The van der Waals surface area contributed by atoms with E-state index in [1.807, 2.05) is 0 Å². The standard InChI is InChI=1S/C15H24N2O/c1-12(2)16-5-7-17(8-6-16)14-9-13(3)10-15(11-14)18-4/h9-12H,5-8H2,1-4H3. The van der Waals surface area contributed by atoms with Crippen molar-refractivity contribution in [3.8, 4) is 5.75 Å². The van der Waals surface area contributed by atoms with Crippen LogP contribution in [0.2, 0.25) is 0 Å². The number of ether oxygens (including phenoxy) is 1. The van der Waals surface area contributed by atoms with Gasteiger partial charge in [-0.3, -0.25) is 4.90 Å². The summed E-state index contributed by atoms with van der Waals surface area (Å²) in [7, 11) is 1.73. The largest absolute Gasteiger partial charge is 0.497 e. The number of aryl methyl sites for hydroxylation is 1. The molecule has 1 heterocycles. The van der Waals surface area contributed by atoms with Crippen LogP contribution in [0.4, 0.5) is 5.69 Å². The molecular weight excluding hydrogens is 224 g/mol. The minimum Gasteiger partial charge on any atom is -0.497 e. The van der Waals surface area contributed by atoms with Crippen molar-refractivity contribution in [2.24, 2.45) is 0 Å². The maximum absolute atomic E-state index is 5.35. The van der Waals surface area contributed by atoms with Crippen LogP contribution < -0.4 is 9.64 Å². The van der Waals surface area contributed by atoms with Crippen LogP contribution in [0, 0.1) is 6.92 Å². The first-order valence-electron chi connectivity index (χ1n) is 6.75. The molecule has 0 saturated carbocycles. The van der Waals surface area contributed by atoms with E-state index in [9.17, 15) is 0 Å². The lowest BCUT2D eigenvalue weighted by Crippen LogP contribution is -2.48. The summed E-state index contributed by atoms with van der Waals surface area (Å²) in [5.41, 5.74) is 2.55. The number of piperazine rings is 1. The van der Waals surface area contributed by atoms with Gasteiger partial charge in [-0.1, -0.05) is 0 Å². The lowest BCUT2D eigenvalue weighted by Gasteiger charge is -2.38. The molecular formula is C15H24N2O. The maximum atomic E-state index is 5.35. The number of nitrogens with zero attached hydrogens (tertiary/aromatic N) is 2. The van der Waals surface area contributed by atoms with Gasteiger partial charge in [0.1, 0.15) is 5.75 Å². The van der Waals surface area contributed by atoms with E-state index >= 15 is 0 Å². The Balaban J connectivity index is 2.07. The van der Waals surface area contributed by atoms with Gasteiger partial charge in [0.25, 0.3) is 0 Å². The first-order chi connectivity index (χ1) is 8.60. The van der Waals surface area contributed by atoms with Crippen molar-refractivity contribution in [1.29, 1.82) is 0 Å². The zero-order chi connectivity index (χ0) is 13.1. The lowest BCUT2D eigenvalue weighted by molar-refractivity contribution is 0.209. The third-order valence-electron chi connectivity index (χ3n) is 3.68. The minimum atomic E-state index is 0.652. The molecule has 1 aliphatic rings. The average Bonchev–Trinajstić information content (AvgIpc) is 2.38. The van der Waals surface area contributed by atoms with Crippen molar-refractivity contribution in [2.75, 3.05) is 38.2 Å². The van der Waals surface area contributed by atoms with Gasteiger partial charge in [0.2, 0.25) is 0 Å². The molecule has 1 fully saturated rings. The molecule has 100 valence electrons. The monoisotopic (exact) mass is 248 g/mol. The highest BCUT2D eigenvalue weighted by atomic mass is 16.5. The van der Waals surface area contributed by atoms with Crippen LogP contribution in [0.15, 0.2) is 18.2 Å². The summed E-state index contributed by atoms with van der Waals surface area (Å²) < 4.78 is 5.35. The summed E-state index contributed by atoms with van der Waals surface area (Å²) in [5.74, 6) is 0.955. The van der Waals surface area contributed by atoms with E-state index in [-0.39, 0.29) is 0 Å². The first kappa shape index (κ1) is 13.2. The molecule has 3 heteroatoms. The van der Waals surface area contributed by atoms with Crippen LogP contribution in [0.1, 0.15) is 19.4 Å². The number of benzene rings is 1. The third-order valence-corrected chi connectivity index (χ3v) is 3.68. The van der Waals surface area contributed by atoms with Crippen LogP contribution in [0.5, 0.6) is 5.75 Å². The smallest absolute Gasteiger partial charge is 0.121 e. The summed E-state index contributed by atoms with van der Waals surface area (Å²) in [5, 5.41) is 0. The zero-order valence-electron chi connectivity index (χ0n) is 11.9. The number of rotatable bonds is 3. The van der Waals surface area contributed by atoms with E-state index < -0.39 is 0 Å². The van der Waals surface area contributed by atoms with Gasteiger partial charge in [-0.15, -0.1) is 0 Å². The normalized spacial score (nSPS) is 17.3. The third kappa shape index (κ3) is 2.96. The van der Waals surface area contributed by atoms with E-state index in [2.05, 4.69) is 48.8 Å². The van der Waals surface area contributed by atoms with Crippen LogP contribution >= 0.6 is 0 Å². The average molecular weight is 248 g/mol. The highest BCUT2D eigenvalue weighted by molar-refractivity contribution is 5.53. The molecule has 1 saturated heterocycles. The Labute approximate surface area is 110 Å². The van der Waals surface area contributed by atoms with Gasteiger partial charge in [-0.05, 0) is 38.5 Å². The van der Waals surface area contributed by atoms with Crippen LogP contribution in [-0.4, -0.2) is 44.2 Å². The molecule has 0 unspecified atom stereocenters. The van der Waals surface area contributed by atoms with E-state index in [1.165, 1.54) is 11.3 Å². The second-order valence-electron chi connectivity index (χ2n) is 5.33. The summed E-state index contributed by atoms with van der Waals surface area (Å²) >= 11 is 0. The van der Waals surface area contributed by atoms with E-state index in [1.54, 1.807) is 7.11 Å². The van der Waals surface area contributed by atoms with Gasteiger partial charge >= 0.3 is 0 Å². The number of methoxy groups -OCH3 is 1. The highest BCUT2D eigenvalue weighted by Gasteiger charge is 2.19. The summed E-state index contributed by atoms with van der Waals surface area (Å²) in [6.45, 7) is 11.2. The summed E-state index contributed by atoms with van der Waals surface area (Å²) in [6.07, 6.45) is 0. The number of hydrogen-bond donors (Lipinski definition) is 0. The molecule has 2 rings (SSSR count). The van der Waals surface area contributed by atoms with Crippen LogP contribution in [0.25, 0.3) is 0 Å². The Bertz CT molecular complexity index is 395. The van der Waals surface area contributed by atoms with Crippen LogP contribution in [0.3, 0.4) is 0 Å². The molecule has 0 aromatic heterocycles. The molecule has 1 aromatic rings. The molecule has 0 radical (unpaired) electrons. The predicted molar refractivity (Wildman–Crippen MR) is 76.7 cm³/mol. The van der Waals surface area contributed by atoms with Gasteiger partial charge in [0.15, 0.2) is 0 Å². The van der Waals surface area contributed by atoms with Gasteiger partial charge in [0, 0.05) is 44.0 Å². The maximum Gasteiger partial charge on any atom is 0.121 e. The predicted octanol–water partition coefficient (Wildman–Crippen LogP) is 2.53. The Kier molecular flexibility index (Phi) is 4.12. The molecule has 1 aromatic carbocycles. The lowest BCUT2D eigenvalue weighted by atomic mass is 10.1. The number of hydrogen-bond acceptors (Lipinski definition) is 3. The van der Waals surface area contributed by atoms with E-state index in [0.29, 0.717) is 6.04 Å². The van der Waals surface area contributed by atoms with Crippen molar-refractivity contribution in [2.45, 2.75) is 26.8 Å². The topological polar surface area (TPSA) is 15.7 Å². The Morgan fingerprint density at radius 2 is 1.72 bits per heavy atom. The Hall–Kier alpha value is -1.22. The van der Waals surface area contributed by atoms with Crippen molar-refractivity contribution in [1.82, 2.24) is 4.90 Å². The molecule has 0 N–H and O–H groups in total. The summed E-state index contributed by atoms with van der Waals surface area (Å²) in [6, 6.07) is 7.11. The quantitative estimate of drug-likeness (QED) is 0.817. The first-order valence-corrected chi connectivity index (χ1v) is 6.75. The minimum absolute atomic E-state index is 0.652. The molecule has 0 atom stereocenters. The summed E-state index contributed by atoms with van der Waals surface area (Å²) in [4.78, 5) is 4.98. The van der Waals surface area contributed by atoms with Crippen molar-refractivity contribution < 1.29 is 4.74 Å². The van der Waals surface area contributed by atoms with Gasteiger partial charge in [-0.2, -0.15) is 0 Å².